The Labute approximate surface area is 119 Å². The lowest BCUT2D eigenvalue weighted by Crippen LogP contribution is -2.34. The van der Waals surface area contributed by atoms with E-state index in [4.69, 9.17) is 9.47 Å². The van der Waals surface area contributed by atoms with E-state index in [2.05, 4.69) is 6.07 Å². The minimum absolute atomic E-state index is 0.0737. The highest BCUT2D eigenvalue weighted by Gasteiger charge is 2.39. The molecule has 1 aliphatic carbocycles. The number of benzene rings is 1. The molecule has 106 valence electrons. The molecule has 1 aromatic carbocycles. The highest BCUT2D eigenvalue weighted by Crippen LogP contribution is 2.35. The predicted octanol–water partition coefficient (Wildman–Crippen LogP) is 3.12. The molecule has 4 nitrogen and oxygen atoms in total. The van der Waals surface area contributed by atoms with Crippen molar-refractivity contribution in [2.24, 2.45) is 5.41 Å². The van der Waals surface area contributed by atoms with Gasteiger partial charge in [0.05, 0.1) is 19.8 Å². The van der Waals surface area contributed by atoms with Crippen LogP contribution in [0.1, 0.15) is 32.1 Å². The fourth-order valence-electron chi connectivity index (χ4n) is 2.54. The number of rotatable bonds is 5. The van der Waals surface area contributed by atoms with Gasteiger partial charge in [0, 0.05) is 12.8 Å². The zero-order valence-corrected chi connectivity index (χ0v) is 11.7. The summed E-state index contributed by atoms with van der Waals surface area (Å²) in [6.07, 6.45) is 3.50. The quantitative estimate of drug-likeness (QED) is 0.827. The Bertz CT molecular complexity index is 503. The molecule has 1 unspecified atom stereocenters. The Balaban J connectivity index is 1.90. The van der Waals surface area contributed by atoms with Crippen LogP contribution in [0.2, 0.25) is 0 Å². The number of hydrogen-bond acceptors (Lipinski definition) is 4. The Kier molecular flexibility index (Phi) is 4.62. The zero-order valence-electron chi connectivity index (χ0n) is 11.7. The third-order valence-corrected chi connectivity index (χ3v) is 3.86. The number of carbonyl (C=O) groups excluding carboxylic acids is 1. The first-order valence-electron chi connectivity index (χ1n) is 6.91. The van der Waals surface area contributed by atoms with Crippen LogP contribution in [0.25, 0.3) is 0 Å². The third kappa shape index (κ3) is 3.11. The molecule has 2 rings (SSSR count). The molecule has 0 amide bonds. The van der Waals surface area contributed by atoms with Crippen molar-refractivity contribution in [3.8, 4) is 17.6 Å². The molecule has 0 bridgehead atoms. The Morgan fingerprint density at radius 1 is 1.25 bits per heavy atom. The van der Waals surface area contributed by atoms with E-state index in [9.17, 15) is 10.1 Å². The van der Waals surface area contributed by atoms with Crippen LogP contribution in [0.5, 0.6) is 11.5 Å². The fraction of sp³-hybridized carbons (Fsp3) is 0.500. The standard InChI is InChI=1S/C16H19NO3/c1-19-13-5-7-14(8-6-13)20-11-10-16(12-17)9-3-2-4-15(16)18/h5-8H,2-4,9-11H2,1H3. The summed E-state index contributed by atoms with van der Waals surface area (Å²) in [4.78, 5) is 12.0. The molecule has 1 saturated carbocycles. The average Bonchev–Trinajstić information content (AvgIpc) is 2.50. The van der Waals surface area contributed by atoms with Crippen LogP contribution in [0, 0.1) is 16.7 Å². The van der Waals surface area contributed by atoms with E-state index in [-0.39, 0.29) is 5.78 Å². The molecule has 0 radical (unpaired) electrons. The summed E-state index contributed by atoms with van der Waals surface area (Å²) in [5.41, 5.74) is -0.829. The summed E-state index contributed by atoms with van der Waals surface area (Å²) in [5.74, 6) is 1.57. The van der Waals surface area contributed by atoms with Gasteiger partial charge in [-0.05, 0) is 37.1 Å². The maximum Gasteiger partial charge on any atom is 0.153 e. The molecular formula is C16H19NO3. The van der Waals surface area contributed by atoms with Gasteiger partial charge >= 0.3 is 0 Å². The molecule has 1 aromatic rings. The van der Waals surface area contributed by atoms with Crippen molar-refractivity contribution < 1.29 is 14.3 Å². The zero-order chi connectivity index (χ0) is 14.4. The van der Waals surface area contributed by atoms with E-state index < -0.39 is 5.41 Å². The number of ketones is 1. The minimum atomic E-state index is -0.829. The monoisotopic (exact) mass is 273 g/mol. The minimum Gasteiger partial charge on any atom is -0.497 e. The van der Waals surface area contributed by atoms with Crippen LogP contribution in [-0.2, 0) is 4.79 Å². The SMILES string of the molecule is COc1ccc(OCCC2(C#N)CCCCC2=O)cc1. The van der Waals surface area contributed by atoms with E-state index in [1.807, 2.05) is 24.3 Å². The first kappa shape index (κ1) is 14.4. The number of Topliss-reactive ketones (excluding diaryl/α,β-unsaturated/α-hetero) is 1. The maximum absolute atomic E-state index is 12.0. The van der Waals surface area contributed by atoms with E-state index in [1.165, 1.54) is 0 Å². The molecule has 0 heterocycles. The van der Waals surface area contributed by atoms with Gasteiger partial charge in [0.25, 0.3) is 0 Å². The number of nitrogens with zero attached hydrogens (tertiary/aromatic N) is 1. The van der Waals surface area contributed by atoms with Gasteiger partial charge in [-0.15, -0.1) is 0 Å². The summed E-state index contributed by atoms with van der Waals surface area (Å²) in [5, 5.41) is 9.33. The molecule has 1 aliphatic rings. The van der Waals surface area contributed by atoms with Crippen molar-refractivity contribution in [1.29, 1.82) is 5.26 Å². The van der Waals surface area contributed by atoms with Crippen LogP contribution in [0.15, 0.2) is 24.3 Å². The van der Waals surface area contributed by atoms with Crippen molar-refractivity contribution in [3.05, 3.63) is 24.3 Å². The van der Waals surface area contributed by atoms with Crippen molar-refractivity contribution in [3.63, 3.8) is 0 Å². The highest BCUT2D eigenvalue weighted by molar-refractivity contribution is 5.88. The summed E-state index contributed by atoms with van der Waals surface area (Å²) in [6.45, 7) is 0.381. The number of ether oxygens (including phenoxy) is 2. The lowest BCUT2D eigenvalue weighted by molar-refractivity contribution is -0.128. The second-order valence-corrected chi connectivity index (χ2v) is 5.10. The van der Waals surface area contributed by atoms with Crippen molar-refractivity contribution >= 4 is 5.78 Å². The van der Waals surface area contributed by atoms with Crippen LogP contribution in [0.4, 0.5) is 0 Å². The number of methoxy groups -OCH3 is 1. The molecule has 0 spiro atoms. The van der Waals surface area contributed by atoms with Gasteiger partial charge in [0.2, 0.25) is 0 Å². The maximum atomic E-state index is 12.0. The second kappa shape index (κ2) is 6.42. The summed E-state index contributed by atoms with van der Waals surface area (Å²) in [7, 11) is 1.61. The summed E-state index contributed by atoms with van der Waals surface area (Å²) in [6, 6.07) is 9.50. The molecule has 0 aliphatic heterocycles. The lowest BCUT2D eigenvalue weighted by Gasteiger charge is -2.28. The van der Waals surface area contributed by atoms with Crippen LogP contribution in [0.3, 0.4) is 0 Å². The van der Waals surface area contributed by atoms with E-state index >= 15 is 0 Å². The Morgan fingerprint density at radius 3 is 2.55 bits per heavy atom. The largest absolute Gasteiger partial charge is 0.497 e. The second-order valence-electron chi connectivity index (χ2n) is 5.10. The van der Waals surface area contributed by atoms with Gasteiger partial charge in [-0.1, -0.05) is 6.42 Å². The van der Waals surface area contributed by atoms with Gasteiger partial charge in [-0.25, -0.2) is 0 Å². The molecule has 0 N–H and O–H groups in total. The van der Waals surface area contributed by atoms with Crippen LogP contribution < -0.4 is 9.47 Å². The molecular weight excluding hydrogens is 254 g/mol. The average molecular weight is 273 g/mol. The van der Waals surface area contributed by atoms with E-state index in [0.29, 0.717) is 25.9 Å². The smallest absolute Gasteiger partial charge is 0.153 e. The first-order chi connectivity index (χ1) is 9.70. The van der Waals surface area contributed by atoms with Gasteiger partial charge in [0.1, 0.15) is 16.9 Å². The van der Waals surface area contributed by atoms with Gasteiger partial charge in [0.15, 0.2) is 5.78 Å². The van der Waals surface area contributed by atoms with E-state index in [1.54, 1.807) is 7.11 Å². The Morgan fingerprint density at radius 2 is 1.95 bits per heavy atom. The van der Waals surface area contributed by atoms with Crippen LogP contribution in [-0.4, -0.2) is 19.5 Å². The van der Waals surface area contributed by atoms with Crippen LogP contribution >= 0.6 is 0 Å². The predicted molar refractivity (Wildman–Crippen MR) is 74.6 cm³/mol. The molecule has 1 atom stereocenters. The molecule has 0 aromatic heterocycles. The molecule has 4 heteroatoms. The number of carbonyl (C=O) groups is 1. The van der Waals surface area contributed by atoms with Crippen molar-refractivity contribution in [2.75, 3.05) is 13.7 Å². The molecule has 1 fully saturated rings. The summed E-state index contributed by atoms with van der Waals surface area (Å²) < 4.78 is 10.7. The van der Waals surface area contributed by atoms with Crippen molar-refractivity contribution in [2.45, 2.75) is 32.1 Å². The molecule has 20 heavy (non-hydrogen) atoms. The number of hydrogen-bond donors (Lipinski definition) is 0. The van der Waals surface area contributed by atoms with Crippen molar-refractivity contribution in [1.82, 2.24) is 0 Å². The fourth-order valence-corrected chi connectivity index (χ4v) is 2.54. The van der Waals surface area contributed by atoms with Gasteiger partial charge < -0.3 is 9.47 Å². The van der Waals surface area contributed by atoms with Gasteiger partial charge in [-0.2, -0.15) is 5.26 Å². The van der Waals surface area contributed by atoms with E-state index in [0.717, 1.165) is 24.3 Å². The summed E-state index contributed by atoms with van der Waals surface area (Å²) >= 11 is 0. The van der Waals surface area contributed by atoms with Gasteiger partial charge in [-0.3, -0.25) is 4.79 Å². The normalized spacial score (nSPS) is 22.1. The first-order valence-corrected chi connectivity index (χ1v) is 6.91. The lowest BCUT2D eigenvalue weighted by atomic mass is 9.72. The number of nitriles is 1. The highest BCUT2D eigenvalue weighted by atomic mass is 16.5. The third-order valence-electron chi connectivity index (χ3n) is 3.86. The molecule has 0 saturated heterocycles. The topological polar surface area (TPSA) is 59.3 Å². The Hall–Kier alpha value is -2.02.